The van der Waals surface area contributed by atoms with Crippen LogP contribution in [0.2, 0.25) is 5.02 Å². The molecule has 2 aromatic rings. The lowest BCUT2D eigenvalue weighted by Crippen LogP contribution is -2.46. The average Bonchev–Trinajstić information content (AvgIpc) is 2.59. The molecule has 0 saturated carbocycles. The van der Waals surface area contributed by atoms with E-state index in [0.29, 0.717) is 17.9 Å². The Morgan fingerprint density at radius 1 is 1.19 bits per heavy atom. The molecule has 0 saturated heterocycles. The van der Waals surface area contributed by atoms with E-state index in [1.165, 1.54) is 12.1 Å². The first kappa shape index (κ1) is 21.3. The second-order valence-electron chi connectivity index (χ2n) is 6.46. The lowest BCUT2D eigenvalue weighted by molar-refractivity contribution is -0.163. The van der Waals surface area contributed by atoms with Crippen molar-refractivity contribution in [2.75, 3.05) is 0 Å². The second kappa shape index (κ2) is 8.76. The van der Waals surface area contributed by atoms with Crippen LogP contribution < -0.4 is 11.1 Å². The van der Waals surface area contributed by atoms with Crippen LogP contribution in [-0.2, 0) is 4.79 Å². The number of aryl methyl sites for hydroxylation is 1. The van der Waals surface area contributed by atoms with Crippen LogP contribution in [0.4, 0.5) is 13.2 Å². The fourth-order valence-electron chi connectivity index (χ4n) is 2.85. The molecule has 146 valence electrons. The molecular formula is C20H22ClF3N2O. The van der Waals surface area contributed by atoms with E-state index >= 15 is 0 Å². The highest BCUT2D eigenvalue weighted by atomic mass is 35.5. The topological polar surface area (TPSA) is 55.1 Å². The number of amides is 1. The molecule has 0 radical (unpaired) electrons. The van der Waals surface area contributed by atoms with Crippen LogP contribution in [0.3, 0.4) is 0 Å². The Bertz CT molecular complexity index is 791. The molecule has 0 aromatic heterocycles. The zero-order chi connectivity index (χ0) is 20.2. The van der Waals surface area contributed by atoms with E-state index < -0.39 is 24.2 Å². The van der Waals surface area contributed by atoms with Crippen LogP contribution in [0.15, 0.2) is 42.5 Å². The Hall–Kier alpha value is -2.05. The molecule has 3 nitrogen and oxygen atoms in total. The summed E-state index contributed by atoms with van der Waals surface area (Å²) in [7, 11) is 0. The van der Waals surface area contributed by atoms with Crippen LogP contribution in [0.1, 0.15) is 36.9 Å². The first-order chi connectivity index (χ1) is 12.6. The monoisotopic (exact) mass is 398 g/mol. The van der Waals surface area contributed by atoms with E-state index in [-0.39, 0.29) is 5.56 Å². The van der Waals surface area contributed by atoms with Crippen molar-refractivity contribution in [2.45, 2.75) is 44.9 Å². The van der Waals surface area contributed by atoms with Crippen LogP contribution in [0.25, 0.3) is 11.1 Å². The summed E-state index contributed by atoms with van der Waals surface area (Å²) in [5.74, 6) is -0.809. The molecule has 2 aromatic carbocycles. The Morgan fingerprint density at radius 2 is 1.81 bits per heavy atom. The van der Waals surface area contributed by atoms with Crippen molar-refractivity contribution in [3.8, 4) is 11.1 Å². The summed E-state index contributed by atoms with van der Waals surface area (Å²) >= 11 is 5.94. The third-order valence-corrected chi connectivity index (χ3v) is 4.53. The number of carbonyl (C=O) groups excluding carboxylic acids is 1. The molecule has 0 heterocycles. The minimum Gasteiger partial charge on any atom is -0.339 e. The summed E-state index contributed by atoms with van der Waals surface area (Å²) in [4.78, 5) is 12.0. The highest BCUT2D eigenvalue weighted by molar-refractivity contribution is 6.30. The van der Waals surface area contributed by atoms with Gasteiger partial charge < -0.3 is 11.1 Å². The maximum atomic E-state index is 13.5. The smallest absolute Gasteiger partial charge is 0.339 e. The highest BCUT2D eigenvalue weighted by Crippen LogP contribution is 2.34. The molecular weight excluding hydrogens is 377 g/mol. The summed E-state index contributed by atoms with van der Waals surface area (Å²) in [6, 6.07) is 8.21. The average molecular weight is 399 g/mol. The van der Waals surface area contributed by atoms with Gasteiger partial charge in [-0.2, -0.15) is 13.2 Å². The minimum atomic E-state index is -4.63. The number of hydrogen-bond acceptors (Lipinski definition) is 2. The maximum Gasteiger partial charge on any atom is 0.412 e. The summed E-state index contributed by atoms with van der Waals surface area (Å²) in [5.41, 5.74) is 8.15. The maximum absolute atomic E-state index is 13.5. The van der Waals surface area contributed by atoms with E-state index in [4.69, 9.17) is 17.3 Å². The number of nitrogens with one attached hydrogen (secondary N) is 1. The zero-order valence-corrected chi connectivity index (χ0v) is 15.9. The van der Waals surface area contributed by atoms with E-state index in [2.05, 4.69) is 0 Å². The first-order valence-electron chi connectivity index (χ1n) is 8.62. The quantitative estimate of drug-likeness (QED) is 0.705. The molecule has 0 bridgehead atoms. The number of halogens is 4. The van der Waals surface area contributed by atoms with Crippen molar-refractivity contribution in [1.82, 2.24) is 5.32 Å². The van der Waals surface area contributed by atoms with Gasteiger partial charge in [-0.05, 0) is 47.7 Å². The first-order valence-corrected chi connectivity index (χ1v) is 9.00. The second-order valence-corrected chi connectivity index (χ2v) is 6.90. The van der Waals surface area contributed by atoms with E-state index in [1.807, 2.05) is 25.2 Å². The van der Waals surface area contributed by atoms with Crippen LogP contribution in [0.5, 0.6) is 0 Å². The van der Waals surface area contributed by atoms with Gasteiger partial charge in [0.2, 0.25) is 5.91 Å². The number of rotatable bonds is 6. The normalized spacial score (nSPS) is 13.9. The number of hydrogen-bond donors (Lipinski definition) is 2. The number of alkyl halides is 3. The summed E-state index contributed by atoms with van der Waals surface area (Å²) in [5, 5.41) is 2.62. The van der Waals surface area contributed by atoms with Gasteiger partial charge in [-0.15, -0.1) is 0 Å². The molecule has 0 aliphatic carbocycles. The van der Waals surface area contributed by atoms with Crippen molar-refractivity contribution < 1.29 is 18.0 Å². The summed E-state index contributed by atoms with van der Waals surface area (Å²) in [6.45, 7) is 3.69. The Balaban J connectivity index is 2.28. The van der Waals surface area contributed by atoms with Gasteiger partial charge in [0.15, 0.2) is 6.04 Å². The van der Waals surface area contributed by atoms with Crippen LogP contribution >= 0.6 is 11.6 Å². The zero-order valence-electron chi connectivity index (χ0n) is 15.1. The number of carbonyl (C=O) groups is 1. The Kier molecular flexibility index (Phi) is 6.89. The predicted molar refractivity (Wildman–Crippen MR) is 101 cm³/mol. The predicted octanol–water partition coefficient (Wildman–Crippen LogP) is 5.16. The number of nitrogens with two attached hydrogens (primary N) is 1. The highest BCUT2D eigenvalue weighted by Gasteiger charge is 2.42. The number of benzene rings is 2. The molecule has 1 amide bonds. The van der Waals surface area contributed by atoms with Gasteiger partial charge in [0, 0.05) is 5.02 Å². The Labute approximate surface area is 161 Å². The fraction of sp³-hybridized carbons (Fsp3) is 0.350. The molecule has 0 unspecified atom stereocenters. The summed E-state index contributed by atoms with van der Waals surface area (Å²) in [6.07, 6.45) is -3.69. The van der Waals surface area contributed by atoms with E-state index in [0.717, 1.165) is 16.7 Å². The van der Waals surface area contributed by atoms with Gasteiger partial charge in [-0.1, -0.05) is 55.3 Å². The molecule has 0 aliphatic rings. The SMILES string of the molecule is CCC[C@H](N)C(=O)N[C@@H](c1ccc(-c2ccc(Cl)cc2C)cc1)C(F)(F)F. The molecule has 0 spiro atoms. The van der Waals surface area contributed by atoms with Crippen LogP contribution in [-0.4, -0.2) is 18.1 Å². The minimum absolute atomic E-state index is 0.0464. The van der Waals surface area contributed by atoms with Gasteiger partial charge >= 0.3 is 6.18 Å². The molecule has 0 fully saturated rings. The van der Waals surface area contributed by atoms with E-state index in [1.54, 1.807) is 24.3 Å². The van der Waals surface area contributed by atoms with Gasteiger partial charge in [-0.3, -0.25) is 4.79 Å². The largest absolute Gasteiger partial charge is 0.412 e. The molecule has 2 atom stereocenters. The molecule has 7 heteroatoms. The van der Waals surface area contributed by atoms with Crippen molar-refractivity contribution in [1.29, 1.82) is 0 Å². The fourth-order valence-corrected chi connectivity index (χ4v) is 3.08. The lowest BCUT2D eigenvalue weighted by Gasteiger charge is -2.24. The van der Waals surface area contributed by atoms with Crippen LogP contribution in [0, 0.1) is 6.92 Å². The molecule has 2 rings (SSSR count). The molecule has 27 heavy (non-hydrogen) atoms. The van der Waals surface area contributed by atoms with Crippen molar-refractivity contribution in [3.05, 3.63) is 58.6 Å². The lowest BCUT2D eigenvalue weighted by atomic mass is 9.97. The standard InChI is InChI=1S/C20H22ClF3N2O/c1-3-4-17(25)19(27)26-18(20(22,23)24)14-7-5-13(6-8-14)16-10-9-15(21)11-12(16)2/h5-11,17-18H,3-4,25H2,1-2H3,(H,26,27)/t17-,18-/m0/s1. The molecule has 3 N–H and O–H groups in total. The van der Waals surface area contributed by atoms with Gasteiger partial charge in [0.25, 0.3) is 0 Å². The molecule has 0 aliphatic heterocycles. The van der Waals surface area contributed by atoms with Crippen molar-refractivity contribution in [3.63, 3.8) is 0 Å². The van der Waals surface area contributed by atoms with Gasteiger partial charge in [-0.25, -0.2) is 0 Å². The summed E-state index contributed by atoms with van der Waals surface area (Å²) < 4.78 is 40.4. The van der Waals surface area contributed by atoms with Crippen molar-refractivity contribution in [2.24, 2.45) is 5.73 Å². The Morgan fingerprint density at radius 3 is 2.33 bits per heavy atom. The third-order valence-electron chi connectivity index (χ3n) is 4.29. The van der Waals surface area contributed by atoms with Crippen molar-refractivity contribution >= 4 is 17.5 Å². The van der Waals surface area contributed by atoms with E-state index in [9.17, 15) is 18.0 Å². The van der Waals surface area contributed by atoms with Gasteiger partial charge in [0.05, 0.1) is 6.04 Å². The third kappa shape index (κ3) is 5.47. The van der Waals surface area contributed by atoms with Gasteiger partial charge in [0.1, 0.15) is 0 Å².